The molecule has 1 amide bonds. The number of aromatic nitrogens is 1. The molecule has 2 rings (SSSR count). The van der Waals surface area contributed by atoms with Gasteiger partial charge in [0.05, 0.1) is 31.0 Å². The molecular formula is C23H36N2O6. The summed E-state index contributed by atoms with van der Waals surface area (Å²) in [5, 5.41) is 11.5. The quantitative estimate of drug-likeness (QED) is 0.679. The summed E-state index contributed by atoms with van der Waals surface area (Å²) in [6.07, 6.45) is -0.732. The Labute approximate surface area is 184 Å². The van der Waals surface area contributed by atoms with Gasteiger partial charge in [0.25, 0.3) is 0 Å². The standard InChI is InChI=1S/C23H36N2O6/c1-9-29-21(27)18-16(23(6,7)8)19(26)17(25(18)22(28)31-14(4)5)15-11-10-12-24-20(15)30-13(2)3/h10-14,16-19,26H,9H2,1-8H3/t16-,17+,18+,19-/m1/s1. The van der Waals surface area contributed by atoms with Gasteiger partial charge >= 0.3 is 12.1 Å². The average Bonchev–Trinajstić information content (AvgIpc) is 2.94. The van der Waals surface area contributed by atoms with Gasteiger partial charge in [0.15, 0.2) is 0 Å². The van der Waals surface area contributed by atoms with Crippen molar-refractivity contribution in [2.75, 3.05) is 6.61 Å². The number of esters is 1. The number of aliphatic hydroxyl groups is 1. The summed E-state index contributed by atoms with van der Waals surface area (Å²) in [5.41, 5.74) is 0.00826. The first-order chi connectivity index (χ1) is 14.4. The van der Waals surface area contributed by atoms with Crippen LogP contribution in [0.1, 0.15) is 67.0 Å². The van der Waals surface area contributed by atoms with Gasteiger partial charge in [-0.2, -0.15) is 0 Å². The van der Waals surface area contributed by atoms with E-state index in [1.807, 2.05) is 34.6 Å². The largest absolute Gasteiger partial charge is 0.475 e. The van der Waals surface area contributed by atoms with E-state index in [-0.39, 0.29) is 12.7 Å². The Morgan fingerprint density at radius 2 is 1.84 bits per heavy atom. The zero-order valence-electron chi connectivity index (χ0n) is 19.8. The Morgan fingerprint density at radius 1 is 1.19 bits per heavy atom. The summed E-state index contributed by atoms with van der Waals surface area (Å²) in [6, 6.07) is 1.57. The van der Waals surface area contributed by atoms with Gasteiger partial charge < -0.3 is 19.3 Å². The van der Waals surface area contributed by atoms with E-state index in [0.29, 0.717) is 11.4 Å². The van der Waals surface area contributed by atoms with Crippen molar-refractivity contribution in [3.05, 3.63) is 23.9 Å². The van der Waals surface area contributed by atoms with Crippen molar-refractivity contribution in [2.45, 2.75) is 85.8 Å². The molecule has 1 aliphatic heterocycles. The van der Waals surface area contributed by atoms with Crippen LogP contribution in [-0.2, 0) is 14.3 Å². The fourth-order valence-corrected chi connectivity index (χ4v) is 4.14. The van der Waals surface area contributed by atoms with Crippen molar-refractivity contribution in [3.8, 4) is 5.88 Å². The second-order valence-corrected chi connectivity index (χ2v) is 9.43. The first kappa shape index (κ1) is 24.9. The molecule has 1 aromatic rings. The molecule has 8 nitrogen and oxygen atoms in total. The van der Waals surface area contributed by atoms with Crippen LogP contribution in [0.3, 0.4) is 0 Å². The summed E-state index contributed by atoms with van der Waals surface area (Å²) in [4.78, 5) is 31.9. The molecule has 0 radical (unpaired) electrons. The lowest BCUT2D eigenvalue weighted by Crippen LogP contribution is -2.48. The van der Waals surface area contributed by atoms with Crippen LogP contribution in [-0.4, -0.2) is 58.0 Å². The molecule has 1 fully saturated rings. The number of likely N-dealkylation sites (tertiary alicyclic amines) is 1. The summed E-state index contributed by atoms with van der Waals surface area (Å²) in [5.74, 6) is -0.857. The zero-order chi connectivity index (χ0) is 23.5. The van der Waals surface area contributed by atoms with Crippen LogP contribution in [0.4, 0.5) is 4.79 Å². The van der Waals surface area contributed by atoms with Crippen LogP contribution in [0.2, 0.25) is 0 Å². The highest BCUT2D eigenvalue weighted by Crippen LogP contribution is 2.49. The maximum Gasteiger partial charge on any atom is 0.411 e. The Morgan fingerprint density at radius 3 is 2.35 bits per heavy atom. The highest BCUT2D eigenvalue weighted by molar-refractivity contribution is 5.83. The van der Waals surface area contributed by atoms with Gasteiger partial charge in [-0.3, -0.25) is 4.90 Å². The Balaban J connectivity index is 2.69. The first-order valence-corrected chi connectivity index (χ1v) is 10.8. The molecule has 174 valence electrons. The van der Waals surface area contributed by atoms with Crippen LogP contribution in [0.15, 0.2) is 18.3 Å². The molecule has 0 unspecified atom stereocenters. The molecule has 1 aliphatic rings. The van der Waals surface area contributed by atoms with E-state index in [9.17, 15) is 14.7 Å². The molecule has 2 heterocycles. The van der Waals surface area contributed by atoms with Gasteiger partial charge in [0, 0.05) is 17.7 Å². The molecule has 0 aromatic carbocycles. The van der Waals surface area contributed by atoms with Crippen LogP contribution in [0, 0.1) is 11.3 Å². The maximum atomic E-state index is 13.2. The van der Waals surface area contributed by atoms with E-state index in [2.05, 4.69) is 4.98 Å². The molecule has 0 bridgehead atoms. The highest BCUT2D eigenvalue weighted by Gasteiger charge is 2.59. The molecular weight excluding hydrogens is 400 g/mol. The second-order valence-electron chi connectivity index (χ2n) is 9.43. The minimum atomic E-state index is -1.06. The van der Waals surface area contributed by atoms with Crippen molar-refractivity contribution in [1.29, 1.82) is 0 Å². The van der Waals surface area contributed by atoms with E-state index in [4.69, 9.17) is 14.2 Å². The van der Waals surface area contributed by atoms with Gasteiger partial charge in [-0.15, -0.1) is 0 Å². The van der Waals surface area contributed by atoms with Gasteiger partial charge in [-0.25, -0.2) is 14.6 Å². The predicted octanol–water partition coefficient (Wildman–Crippen LogP) is 3.73. The minimum absolute atomic E-state index is 0.161. The number of aliphatic hydroxyl groups excluding tert-OH is 1. The molecule has 31 heavy (non-hydrogen) atoms. The van der Waals surface area contributed by atoms with Crippen molar-refractivity contribution >= 4 is 12.1 Å². The van der Waals surface area contributed by atoms with Crippen LogP contribution >= 0.6 is 0 Å². The predicted molar refractivity (Wildman–Crippen MR) is 116 cm³/mol. The topological polar surface area (TPSA) is 98.2 Å². The number of hydrogen-bond donors (Lipinski definition) is 1. The number of nitrogens with zero attached hydrogens (tertiary/aromatic N) is 2. The average molecular weight is 437 g/mol. The SMILES string of the molecule is CCOC(=O)[C@@H]1[C@@H](C(C)(C)C)[C@@H](O)[C@H](c2cccnc2OC(C)C)N1C(=O)OC(C)C. The summed E-state index contributed by atoms with van der Waals surface area (Å²) >= 11 is 0. The monoisotopic (exact) mass is 436 g/mol. The molecule has 4 atom stereocenters. The molecule has 0 spiro atoms. The summed E-state index contributed by atoms with van der Waals surface area (Å²) in [6.45, 7) is 14.9. The normalized spacial score (nSPS) is 23.9. The molecule has 8 heteroatoms. The number of amides is 1. The first-order valence-electron chi connectivity index (χ1n) is 10.8. The number of carbonyl (C=O) groups excluding carboxylic acids is 2. The molecule has 1 aromatic heterocycles. The van der Waals surface area contributed by atoms with E-state index in [1.54, 1.807) is 39.1 Å². The van der Waals surface area contributed by atoms with E-state index >= 15 is 0 Å². The number of rotatable bonds is 6. The third kappa shape index (κ3) is 5.47. The third-order valence-corrected chi connectivity index (χ3v) is 5.17. The maximum absolute atomic E-state index is 13.2. The van der Waals surface area contributed by atoms with Crippen molar-refractivity contribution in [3.63, 3.8) is 0 Å². The summed E-state index contributed by atoms with van der Waals surface area (Å²) in [7, 11) is 0. The Hall–Kier alpha value is -2.35. The number of pyridine rings is 1. The van der Waals surface area contributed by atoms with Gasteiger partial charge in [-0.05, 0) is 52.2 Å². The number of hydrogen-bond acceptors (Lipinski definition) is 7. The highest BCUT2D eigenvalue weighted by atomic mass is 16.6. The van der Waals surface area contributed by atoms with Gasteiger partial charge in [0.1, 0.15) is 6.04 Å². The molecule has 1 N–H and O–H groups in total. The van der Waals surface area contributed by atoms with E-state index in [0.717, 1.165) is 0 Å². The zero-order valence-corrected chi connectivity index (χ0v) is 19.8. The minimum Gasteiger partial charge on any atom is -0.475 e. The van der Waals surface area contributed by atoms with E-state index in [1.165, 1.54) is 4.90 Å². The van der Waals surface area contributed by atoms with Crippen molar-refractivity contribution in [1.82, 2.24) is 9.88 Å². The Bertz CT molecular complexity index is 774. The second kappa shape index (κ2) is 9.85. The van der Waals surface area contributed by atoms with Gasteiger partial charge in [0.2, 0.25) is 5.88 Å². The molecule has 0 saturated carbocycles. The number of carbonyl (C=O) groups is 2. The summed E-state index contributed by atoms with van der Waals surface area (Å²) < 4.78 is 16.7. The lowest BCUT2D eigenvalue weighted by Gasteiger charge is -2.34. The molecule has 1 saturated heterocycles. The lowest BCUT2D eigenvalue weighted by molar-refractivity contribution is -0.151. The van der Waals surface area contributed by atoms with Crippen molar-refractivity contribution in [2.24, 2.45) is 11.3 Å². The number of ether oxygens (including phenoxy) is 3. The van der Waals surface area contributed by atoms with Gasteiger partial charge in [-0.1, -0.05) is 20.8 Å². The van der Waals surface area contributed by atoms with Crippen LogP contribution < -0.4 is 4.74 Å². The lowest BCUT2D eigenvalue weighted by atomic mass is 9.74. The van der Waals surface area contributed by atoms with E-state index < -0.39 is 47.7 Å². The van der Waals surface area contributed by atoms with Crippen molar-refractivity contribution < 1.29 is 28.9 Å². The third-order valence-electron chi connectivity index (χ3n) is 5.17. The smallest absolute Gasteiger partial charge is 0.411 e. The fraction of sp³-hybridized carbons (Fsp3) is 0.696. The molecule has 0 aliphatic carbocycles. The Kier molecular flexibility index (Phi) is 7.92. The van der Waals surface area contributed by atoms with Crippen LogP contribution in [0.5, 0.6) is 5.88 Å². The van der Waals surface area contributed by atoms with Crippen LogP contribution in [0.25, 0.3) is 0 Å². The fourth-order valence-electron chi connectivity index (χ4n) is 4.14.